The number of carbonyl (C=O) groups excluding carboxylic acids is 1. The lowest BCUT2D eigenvalue weighted by Crippen LogP contribution is -2.40. The summed E-state index contributed by atoms with van der Waals surface area (Å²) in [6, 6.07) is 7.10. The number of rotatable bonds is 4. The summed E-state index contributed by atoms with van der Waals surface area (Å²) in [5.74, 6) is 0.102. The second-order valence-corrected chi connectivity index (χ2v) is 7.94. The maximum atomic E-state index is 12.8. The van der Waals surface area contributed by atoms with E-state index in [1.54, 1.807) is 23.4 Å². The minimum Gasteiger partial charge on any atom is -0.335 e. The van der Waals surface area contributed by atoms with Gasteiger partial charge in [0.15, 0.2) is 9.84 Å². The van der Waals surface area contributed by atoms with Crippen LogP contribution < -0.4 is 0 Å². The Morgan fingerprint density at radius 3 is 2.83 bits per heavy atom. The lowest BCUT2D eigenvalue weighted by Gasteiger charge is -2.27. The third-order valence-electron chi connectivity index (χ3n) is 4.19. The Hall–Kier alpha value is -2.15. The lowest BCUT2D eigenvalue weighted by atomic mass is 10.0. The van der Waals surface area contributed by atoms with Crippen LogP contribution in [0.1, 0.15) is 23.7 Å². The quantitative estimate of drug-likeness (QED) is 0.923. The molecule has 0 aliphatic carbocycles. The highest BCUT2D eigenvalue weighted by atomic mass is 32.2. The summed E-state index contributed by atoms with van der Waals surface area (Å²) < 4.78 is 23.4. The van der Waals surface area contributed by atoms with Crippen molar-refractivity contribution in [2.75, 3.05) is 18.1 Å². The molecule has 0 radical (unpaired) electrons. The summed E-state index contributed by atoms with van der Waals surface area (Å²) >= 11 is 0. The highest BCUT2D eigenvalue weighted by Gasteiger charge is 2.34. The number of aromatic amines is 1. The van der Waals surface area contributed by atoms with Gasteiger partial charge in [-0.05, 0) is 31.0 Å². The van der Waals surface area contributed by atoms with Gasteiger partial charge in [-0.1, -0.05) is 12.1 Å². The highest BCUT2D eigenvalue weighted by Crippen LogP contribution is 2.23. The predicted octanol–water partition coefficient (Wildman–Crippen LogP) is 1.73. The van der Waals surface area contributed by atoms with Crippen LogP contribution in [0.25, 0.3) is 11.1 Å². The average molecular weight is 333 g/mol. The van der Waals surface area contributed by atoms with E-state index in [0.717, 1.165) is 11.1 Å². The molecule has 0 spiro atoms. The molecule has 1 atom stereocenters. The minimum absolute atomic E-state index is 0.0635. The first-order chi connectivity index (χ1) is 11.0. The molecule has 1 aromatic heterocycles. The van der Waals surface area contributed by atoms with E-state index in [4.69, 9.17) is 0 Å². The van der Waals surface area contributed by atoms with Crippen molar-refractivity contribution < 1.29 is 13.2 Å². The van der Waals surface area contributed by atoms with Gasteiger partial charge < -0.3 is 4.90 Å². The molecule has 1 aliphatic rings. The van der Waals surface area contributed by atoms with Crippen molar-refractivity contribution in [2.45, 2.75) is 19.4 Å². The number of aromatic nitrogens is 2. The van der Waals surface area contributed by atoms with Gasteiger partial charge in [-0.25, -0.2) is 8.42 Å². The first kappa shape index (κ1) is 15.7. The molecular weight excluding hydrogens is 314 g/mol. The van der Waals surface area contributed by atoms with Crippen molar-refractivity contribution in [2.24, 2.45) is 0 Å². The Kier molecular flexibility index (Phi) is 4.21. The maximum Gasteiger partial charge on any atom is 0.254 e. The van der Waals surface area contributed by atoms with Crippen molar-refractivity contribution in [3.8, 4) is 11.1 Å². The summed E-state index contributed by atoms with van der Waals surface area (Å²) in [6.45, 7) is 2.37. The van der Waals surface area contributed by atoms with Crippen LogP contribution in [0.4, 0.5) is 0 Å². The molecule has 1 aromatic carbocycles. The van der Waals surface area contributed by atoms with Gasteiger partial charge in [0, 0.05) is 29.9 Å². The number of nitrogens with zero attached hydrogens (tertiary/aromatic N) is 2. The number of amides is 1. The summed E-state index contributed by atoms with van der Waals surface area (Å²) in [7, 11) is -3.02. The van der Waals surface area contributed by atoms with Crippen LogP contribution in [0.5, 0.6) is 0 Å². The molecule has 0 bridgehead atoms. The van der Waals surface area contributed by atoms with Gasteiger partial charge in [0.25, 0.3) is 5.91 Å². The molecule has 2 heterocycles. The monoisotopic (exact) mass is 333 g/mol. The van der Waals surface area contributed by atoms with Crippen molar-refractivity contribution >= 4 is 15.7 Å². The number of benzene rings is 1. The fraction of sp³-hybridized carbons (Fsp3) is 0.375. The first-order valence-electron chi connectivity index (χ1n) is 7.61. The standard InChI is InChI=1S/C16H19N3O3S/c1-2-19(15-6-7-23(21,22)11-15)16(20)13-5-3-4-12(8-13)14-9-17-18-10-14/h3-5,8-10,15H,2,6-7,11H2,1H3,(H,17,18). The number of nitrogens with one attached hydrogen (secondary N) is 1. The van der Waals surface area contributed by atoms with Crippen LogP contribution >= 0.6 is 0 Å². The SMILES string of the molecule is CCN(C(=O)c1cccc(-c2cn[nH]c2)c1)C1CCS(=O)(=O)C1. The van der Waals surface area contributed by atoms with Crippen molar-refractivity contribution in [3.05, 3.63) is 42.2 Å². The van der Waals surface area contributed by atoms with E-state index >= 15 is 0 Å². The zero-order valence-electron chi connectivity index (χ0n) is 12.9. The Morgan fingerprint density at radius 1 is 1.39 bits per heavy atom. The van der Waals surface area contributed by atoms with E-state index in [1.165, 1.54) is 0 Å². The third-order valence-corrected chi connectivity index (χ3v) is 5.94. The molecule has 1 amide bonds. The molecule has 1 fully saturated rings. The van der Waals surface area contributed by atoms with Gasteiger partial charge >= 0.3 is 0 Å². The van der Waals surface area contributed by atoms with Crippen LogP contribution in [0.2, 0.25) is 0 Å². The fourth-order valence-electron chi connectivity index (χ4n) is 3.00. The topological polar surface area (TPSA) is 83.1 Å². The highest BCUT2D eigenvalue weighted by molar-refractivity contribution is 7.91. The van der Waals surface area contributed by atoms with Gasteiger partial charge in [0.2, 0.25) is 0 Å². The molecule has 1 saturated heterocycles. The number of carbonyl (C=O) groups is 1. The summed E-state index contributed by atoms with van der Waals surface area (Å²) in [6.07, 6.45) is 3.98. The van der Waals surface area contributed by atoms with Gasteiger partial charge in [0.05, 0.1) is 17.7 Å². The fourth-order valence-corrected chi connectivity index (χ4v) is 4.73. The zero-order valence-corrected chi connectivity index (χ0v) is 13.7. The molecule has 1 unspecified atom stereocenters. The van der Waals surface area contributed by atoms with E-state index in [0.29, 0.717) is 18.5 Å². The second-order valence-electron chi connectivity index (χ2n) is 5.72. The molecule has 1 aliphatic heterocycles. The van der Waals surface area contributed by atoms with Gasteiger partial charge in [0.1, 0.15) is 0 Å². The molecule has 1 N–H and O–H groups in total. The van der Waals surface area contributed by atoms with Gasteiger partial charge in [-0.15, -0.1) is 0 Å². The Bertz CT molecular complexity index is 800. The largest absolute Gasteiger partial charge is 0.335 e. The first-order valence-corrected chi connectivity index (χ1v) is 9.43. The minimum atomic E-state index is -3.02. The Balaban J connectivity index is 1.85. The molecule has 7 heteroatoms. The van der Waals surface area contributed by atoms with Crippen molar-refractivity contribution in [3.63, 3.8) is 0 Å². The second kappa shape index (κ2) is 6.16. The van der Waals surface area contributed by atoms with E-state index < -0.39 is 9.84 Å². The Morgan fingerprint density at radius 2 is 2.22 bits per heavy atom. The van der Waals surface area contributed by atoms with E-state index in [2.05, 4.69) is 10.2 Å². The normalized spacial score (nSPS) is 19.6. The van der Waals surface area contributed by atoms with Gasteiger partial charge in [-0.2, -0.15) is 5.10 Å². The molecule has 0 saturated carbocycles. The van der Waals surface area contributed by atoms with Crippen molar-refractivity contribution in [1.29, 1.82) is 0 Å². The lowest BCUT2D eigenvalue weighted by molar-refractivity contribution is 0.0708. The molecule has 3 rings (SSSR count). The zero-order chi connectivity index (χ0) is 16.4. The molecular formula is C16H19N3O3S. The van der Waals surface area contributed by atoms with E-state index in [-0.39, 0.29) is 23.5 Å². The van der Waals surface area contributed by atoms with Crippen LogP contribution in [-0.2, 0) is 9.84 Å². The van der Waals surface area contributed by atoms with Crippen LogP contribution in [0.3, 0.4) is 0 Å². The number of hydrogen-bond acceptors (Lipinski definition) is 4. The summed E-state index contributed by atoms with van der Waals surface area (Å²) in [5, 5.41) is 6.67. The third kappa shape index (κ3) is 3.29. The van der Waals surface area contributed by atoms with Crippen LogP contribution in [0, 0.1) is 0 Å². The smallest absolute Gasteiger partial charge is 0.254 e. The average Bonchev–Trinajstić information content (AvgIpc) is 3.18. The maximum absolute atomic E-state index is 12.8. The van der Waals surface area contributed by atoms with Crippen LogP contribution in [0.15, 0.2) is 36.7 Å². The number of H-pyrrole nitrogens is 1. The molecule has 23 heavy (non-hydrogen) atoms. The van der Waals surface area contributed by atoms with E-state index in [9.17, 15) is 13.2 Å². The molecule has 2 aromatic rings. The Labute approximate surface area is 135 Å². The molecule has 6 nitrogen and oxygen atoms in total. The summed E-state index contributed by atoms with van der Waals surface area (Å²) in [4.78, 5) is 14.5. The predicted molar refractivity (Wildman–Crippen MR) is 87.8 cm³/mol. The number of sulfone groups is 1. The van der Waals surface area contributed by atoms with E-state index in [1.807, 2.05) is 25.1 Å². The van der Waals surface area contributed by atoms with Gasteiger partial charge in [-0.3, -0.25) is 9.89 Å². The van der Waals surface area contributed by atoms with Crippen molar-refractivity contribution in [1.82, 2.24) is 15.1 Å². The van der Waals surface area contributed by atoms with Crippen LogP contribution in [-0.4, -0.2) is 53.5 Å². The molecule has 122 valence electrons. The summed E-state index contributed by atoms with van der Waals surface area (Å²) in [5.41, 5.74) is 2.38. The number of hydrogen-bond donors (Lipinski definition) is 1.